The average Bonchev–Trinajstić information content (AvgIpc) is 3.73. The van der Waals surface area contributed by atoms with E-state index in [1.54, 1.807) is 0 Å². The number of furan rings is 1. The van der Waals surface area contributed by atoms with Gasteiger partial charge < -0.3 is 9.32 Å². The topological polar surface area (TPSA) is 16.4 Å². The van der Waals surface area contributed by atoms with E-state index in [-0.39, 0.29) is 0 Å². The molecule has 0 aliphatic carbocycles. The fraction of sp³-hybridized carbons (Fsp3) is 0. The fourth-order valence-corrected chi connectivity index (χ4v) is 8.78. The van der Waals surface area contributed by atoms with Gasteiger partial charge in [0.15, 0.2) is 0 Å². The number of benzene rings is 10. The first kappa shape index (κ1) is 35.2. The maximum Gasteiger partial charge on any atom is 0.143 e. The monoisotopic (exact) mass is 765 g/mol. The molecule has 11 rings (SSSR count). The van der Waals surface area contributed by atoms with E-state index in [2.05, 4.69) is 235 Å². The third kappa shape index (κ3) is 6.32. The lowest BCUT2D eigenvalue weighted by molar-refractivity contribution is 0.673. The molecular weight excluding hydrogens is 727 g/mol. The minimum Gasteiger partial charge on any atom is -0.455 e. The van der Waals surface area contributed by atoms with Crippen LogP contribution in [-0.4, -0.2) is 0 Å². The van der Waals surface area contributed by atoms with Crippen molar-refractivity contribution in [2.75, 3.05) is 4.90 Å². The molecule has 0 fully saturated rings. The summed E-state index contributed by atoms with van der Waals surface area (Å²) in [6.07, 6.45) is 0. The van der Waals surface area contributed by atoms with Crippen LogP contribution in [0.5, 0.6) is 0 Å². The van der Waals surface area contributed by atoms with Gasteiger partial charge in [-0.15, -0.1) is 0 Å². The van der Waals surface area contributed by atoms with Gasteiger partial charge in [0.25, 0.3) is 0 Å². The van der Waals surface area contributed by atoms with Crippen LogP contribution in [0.15, 0.2) is 241 Å². The van der Waals surface area contributed by atoms with E-state index in [0.29, 0.717) is 0 Å². The fourth-order valence-electron chi connectivity index (χ4n) is 8.78. The van der Waals surface area contributed by atoms with Crippen molar-refractivity contribution in [2.24, 2.45) is 0 Å². The molecular formula is C58H39NO. The highest BCUT2D eigenvalue weighted by atomic mass is 16.3. The lowest BCUT2D eigenvalue weighted by Gasteiger charge is -2.26. The number of hydrogen-bond acceptors (Lipinski definition) is 2. The summed E-state index contributed by atoms with van der Waals surface area (Å²) in [5, 5.41) is 4.57. The molecule has 11 aromatic rings. The van der Waals surface area contributed by atoms with Gasteiger partial charge in [0.1, 0.15) is 11.2 Å². The molecule has 10 aromatic carbocycles. The van der Waals surface area contributed by atoms with E-state index in [9.17, 15) is 0 Å². The standard InChI is InChI=1S/C58H39NO/c1-4-14-40(15-5-1)43-28-34-48(35-29-43)59(49-36-30-44(31-37-49)41-16-6-2-7-17-41)50-38-32-45(33-39-50)42-24-26-47(27-25-42)56-55(46-18-8-3-9-19-46)51-20-10-11-21-52(51)58-57(56)53-22-12-13-23-54(53)60-58/h1-39H. The molecule has 0 bridgehead atoms. The molecule has 0 aliphatic rings. The minimum atomic E-state index is 0.897. The molecule has 0 radical (unpaired) electrons. The maximum atomic E-state index is 6.65. The van der Waals surface area contributed by atoms with E-state index >= 15 is 0 Å². The average molecular weight is 766 g/mol. The molecule has 1 aromatic heterocycles. The van der Waals surface area contributed by atoms with Gasteiger partial charge in [0.2, 0.25) is 0 Å². The smallest absolute Gasteiger partial charge is 0.143 e. The van der Waals surface area contributed by atoms with Crippen molar-refractivity contribution in [2.45, 2.75) is 0 Å². The van der Waals surface area contributed by atoms with Crippen molar-refractivity contribution in [3.63, 3.8) is 0 Å². The number of hydrogen-bond donors (Lipinski definition) is 0. The third-order valence-electron chi connectivity index (χ3n) is 11.7. The molecule has 0 spiro atoms. The highest BCUT2D eigenvalue weighted by Crippen LogP contribution is 2.48. The molecule has 0 unspecified atom stereocenters. The normalized spacial score (nSPS) is 11.3. The van der Waals surface area contributed by atoms with Crippen LogP contribution in [0.25, 0.3) is 88.3 Å². The quantitative estimate of drug-likeness (QED) is 0.153. The summed E-state index contributed by atoms with van der Waals surface area (Å²) in [5.41, 5.74) is 17.0. The Morgan fingerprint density at radius 2 is 0.583 bits per heavy atom. The summed E-state index contributed by atoms with van der Waals surface area (Å²) < 4.78 is 6.65. The van der Waals surface area contributed by atoms with Crippen molar-refractivity contribution >= 4 is 49.8 Å². The van der Waals surface area contributed by atoms with Gasteiger partial charge in [-0.2, -0.15) is 0 Å². The highest BCUT2D eigenvalue weighted by Gasteiger charge is 2.22. The van der Waals surface area contributed by atoms with Gasteiger partial charge in [-0.05, 0) is 97.9 Å². The number of nitrogens with zero attached hydrogens (tertiary/aromatic N) is 1. The van der Waals surface area contributed by atoms with E-state index in [0.717, 1.165) is 61.1 Å². The minimum absolute atomic E-state index is 0.897. The lowest BCUT2D eigenvalue weighted by Crippen LogP contribution is -2.09. The van der Waals surface area contributed by atoms with E-state index in [4.69, 9.17) is 4.42 Å². The Bertz CT molecular complexity index is 3160. The summed E-state index contributed by atoms with van der Waals surface area (Å²) in [5.74, 6) is 0. The van der Waals surface area contributed by atoms with Crippen LogP contribution in [0.4, 0.5) is 17.1 Å². The van der Waals surface area contributed by atoms with Gasteiger partial charge >= 0.3 is 0 Å². The van der Waals surface area contributed by atoms with Gasteiger partial charge in [0.05, 0.1) is 0 Å². The summed E-state index contributed by atoms with van der Waals surface area (Å²) in [7, 11) is 0. The lowest BCUT2D eigenvalue weighted by atomic mass is 9.86. The molecule has 0 saturated heterocycles. The van der Waals surface area contributed by atoms with Crippen molar-refractivity contribution in [1.29, 1.82) is 0 Å². The van der Waals surface area contributed by atoms with Crippen LogP contribution >= 0.6 is 0 Å². The summed E-state index contributed by atoms with van der Waals surface area (Å²) in [6, 6.07) is 84.6. The number of para-hydroxylation sites is 1. The zero-order valence-corrected chi connectivity index (χ0v) is 32.9. The van der Waals surface area contributed by atoms with Crippen molar-refractivity contribution in [3.8, 4) is 55.6 Å². The SMILES string of the molecule is c1ccc(-c2ccc(N(c3ccc(-c4ccccc4)cc3)c3ccc(-c4ccc(-c5c(-c6ccccc6)c6ccccc6c6oc7ccccc7c56)cc4)cc3)cc2)cc1. The van der Waals surface area contributed by atoms with E-state index < -0.39 is 0 Å². The second-order valence-electron chi connectivity index (χ2n) is 15.2. The Morgan fingerprint density at radius 1 is 0.250 bits per heavy atom. The van der Waals surface area contributed by atoms with Crippen LogP contribution in [-0.2, 0) is 0 Å². The Hall–Kier alpha value is -7.94. The molecule has 0 N–H and O–H groups in total. The Balaban J connectivity index is 0.985. The van der Waals surface area contributed by atoms with Crippen LogP contribution in [0, 0.1) is 0 Å². The first-order valence-corrected chi connectivity index (χ1v) is 20.5. The summed E-state index contributed by atoms with van der Waals surface area (Å²) in [6.45, 7) is 0. The maximum absolute atomic E-state index is 6.65. The van der Waals surface area contributed by atoms with Crippen LogP contribution in [0.2, 0.25) is 0 Å². The molecule has 0 saturated carbocycles. The second kappa shape index (κ2) is 15.1. The molecule has 0 amide bonds. The largest absolute Gasteiger partial charge is 0.455 e. The van der Waals surface area contributed by atoms with Crippen molar-refractivity contribution in [1.82, 2.24) is 0 Å². The van der Waals surface area contributed by atoms with Crippen LogP contribution < -0.4 is 4.90 Å². The van der Waals surface area contributed by atoms with Gasteiger partial charge in [0, 0.05) is 38.8 Å². The van der Waals surface area contributed by atoms with E-state index in [1.807, 2.05) is 6.07 Å². The zero-order chi connectivity index (χ0) is 39.8. The molecule has 2 heteroatoms. The predicted molar refractivity (Wildman–Crippen MR) is 253 cm³/mol. The first-order chi connectivity index (χ1) is 29.8. The van der Waals surface area contributed by atoms with Crippen LogP contribution in [0.3, 0.4) is 0 Å². The molecule has 60 heavy (non-hydrogen) atoms. The summed E-state index contributed by atoms with van der Waals surface area (Å²) >= 11 is 0. The number of fused-ring (bicyclic) bond motifs is 5. The van der Waals surface area contributed by atoms with E-state index in [1.165, 1.54) is 44.3 Å². The zero-order valence-electron chi connectivity index (χ0n) is 32.9. The Labute approximate surface area is 349 Å². The molecule has 282 valence electrons. The first-order valence-electron chi connectivity index (χ1n) is 20.5. The second-order valence-corrected chi connectivity index (χ2v) is 15.2. The highest BCUT2D eigenvalue weighted by molar-refractivity contribution is 6.26. The van der Waals surface area contributed by atoms with Crippen molar-refractivity contribution < 1.29 is 4.42 Å². The molecule has 0 atom stereocenters. The molecule has 0 aliphatic heterocycles. The predicted octanol–water partition coefficient (Wildman–Crippen LogP) is 16.5. The molecule has 1 heterocycles. The number of rotatable bonds is 8. The Morgan fingerprint density at radius 3 is 1.07 bits per heavy atom. The third-order valence-corrected chi connectivity index (χ3v) is 11.7. The summed E-state index contributed by atoms with van der Waals surface area (Å²) in [4.78, 5) is 2.34. The molecule has 2 nitrogen and oxygen atoms in total. The van der Waals surface area contributed by atoms with Gasteiger partial charge in [-0.3, -0.25) is 0 Å². The van der Waals surface area contributed by atoms with Crippen LogP contribution in [0.1, 0.15) is 0 Å². The number of anilines is 3. The van der Waals surface area contributed by atoms with Gasteiger partial charge in [-0.1, -0.05) is 194 Å². The Kier molecular flexibility index (Phi) is 8.87. The van der Waals surface area contributed by atoms with Crippen molar-refractivity contribution in [3.05, 3.63) is 237 Å². The van der Waals surface area contributed by atoms with Gasteiger partial charge in [-0.25, -0.2) is 0 Å².